The molecular formula is C18H25N5O2. The fourth-order valence-electron chi connectivity index (χ4n) is 3.42. The van der Waals surface area contributed by atoms with E-state index in [0.717, 1.165) is 44.8 Å². The predicted molar refractivity (Wildman–Crippen MR) is 94.3 cm³/mol. The third-order valence-electron chi connectivity index (χ3n) is 4.89. The van der Waals surface area contributed by atoms with Gasteiger partial charge in [-0.1, -0.05) is 19.3 Å². The largest absolute Gasteiger partial charge is 0.461 e. The summed E-state index contributed by atoms with van der Waals surface area (Å²) in [5.74, 6) is 0.639. The third-order valence-corrected chi connectivity index (χ3v) is 4.89. The Morgan fingerprint density at radius 1 is 1.32 bits per heavy atom. The number of piperazine rings is 1. The Bertz CT molecular complexity index is 620. The van der Waals surface area contributed by atoms with Gasteiger partial charge in [0, 0.05) is 32.3 Å². The molecule has 0 unspecified atom stereocenters. The minimum absolute atomic E-state index is 0.00888. The van der Waals surface area contributed by atoms with Gasteiger partial charge in [0.2, 0.25) is 0 Å². The van der Waals surface area contributed by atoms with Crippen LogP contribution in [0, 0.1) is 17.2 Å². The Hall–Kier alpha value is -2.33. The summed E-state index contributed by atoms with van der Waals surface area (Å²) in [6.45, 7) is 3.90. The van der Waals surface area contributed by atoms with Crippen molar-refractivity contribution in [2.24, 2.45) is 10.9 Å². The van der Waals surface area contributed by atoms with Crippen LogP contribution in [0.5, 0.6) is 0 Å². The molecule has 3 aliphatic rings. The van der Waals surface area contributed by atoms with Crippen LogP contribution < -0.4 is 10.6 Å². The maximum absolute atomic E-state index is 12.4. The molecule has 2 fully saturated rings. The van der Waals surface area contributed by atoms with E-state index in [9.17, 15) is 10.1 Å². The van der Waals surface area contributed by atoms with E-state index in [2.05, 4.69) is 20.5 Å². The van der Waals surface area contributed by atoms with Crippen molar-refractivity contribution >= 4 is 12.3 Å². The number of nitrogens with zero attached hydrogens (tertiary/aromatic N) is 3. The second kappa shape index (κ2) is 8.67. The van der Waals surface area contributed by atoms with Crippen LogP contribution in [0.1, 0.15) is 32.1 Å². The number of carbonyl (C=O) groups is 1. The molecule has 2 aliphatic heterocycles. The Kier molecular flexibility index (Phi) is 6.07. The van der Waals surface area contributed by atoms with Crippen molar-refractivity contribution in [1.82, 2.24) is 15.5 Å². The Labute approximate surface area is 148 Å². The molecule has 0 radical (unpaired) electrons. The monoisotopic (exact) mass is 343 g/mol. The number of hydrogen-bond acceptors (Lipinski definition) is 7. The van der Waals surface area contributed by atoms with E-state index in [0.29, 0.717) is 18.2 Å². The molecule has 0 aromatic rings. The van der Waals surface area contributed by atoms with Crippen LogP contribution in [0.3, 0.4) is 0 Å². The van der Waals surface area contributed by atoms with Gasteiger partial charge in [-0.2, -0.15) is 5.26 Å². The van der Waals surface area contributed by atoms with Crippen LogP contribution in [0.2, 0.25) is 0 Å². The fraction of sp³-hybridized carbons (Fsp3) is 0.611. The third kappa shape index (κ3) is 4.60. The van der Waals surface area contributed by atoms with Gasteiger partial charge in [-0.3, -0.25) is 0 Å². The standard InChI is InChI=1S/C18H25N5O2/c19-11-15(18(24)25-12-14-4-2-1-3-5-14)16-10-17(22-13-21-16)23-8-6-20-7-9-23/h10,13-14,20H,1-9,12H2,(H,21,22)/b16-15+. The maximum Gasteiger partial charge on any atom is 0.351 e. The van der Waals surface area contributed by atoms with Gasteiger partial charge >= 0.3 is 5.97 Å². The average molecular weight is 343 g/mol. The maximum atomic E-state index is 12.4. The summed E-state index contributed by atoms with van der Waals surface area (Å²) in [6.07, 6.45) is 9.14. The first kappa shape index (κ1) is 17.5. The topological polar surface area (TPSA) is 89.8 Å². The number of nitrogens with one attached hydrogen (secondary N) is 2. The first-order valence-corrected chi connectivity index (χ1v) is 9.06. The second-order valence-electron chi connectivity index (χ2n) is 6.65. The summed E-state index contributed by atoms with van der Waals surface area (Å²) >= 11 is 0. The zero-order valence-corrected chi connectivity index (χ0v) is 14.5. The molecule has 0 aromatic carbocycles. The SMILES string of the molecule is N#C/C(C(=O)OCC1CCCCC1)=C1/C=C(N2CCNCC2)N=CN1. The van der Waals surface area contributed by atoms with Crippen LogP contribution in [-0.2, 0) is 9.53 Å². The van der Waals surface area contributed by atoms with Gasteiger partial charge in [-0.05, 0) is 18.8 Å². The van der Waals surface area contributed by atoms with Gasteiger partial charge in [0.15, 0.2) is 5.57 Å². The van der Waals surface area contributed by atoms with Crippen molar-refractivity contribution in [3.63, 3.8) is 0 Å². The van der Waals surface area contributed by atoms with Crippen molar-refractivity contribution in [3.8, 4) is 6.07 Å². The zero-order chi connectivity index (χ0) is 17.5. The predicted octanol–water partition coefficient (Wildman–Crippen LogP) is 1.27. The lowest BCUT2D eigenvalue weighted by atomic mass is 9.90. The highest BCUT2D eigenvalue weighted by Crippen LogP contribution is 2.24. The average Bonchev–Trinajstić information content (AvgIpc) is 2.69. The number of rotatable bonds is 4. The number of allylic oxidation sites excluding steroid dienone is 1. The van der Waals surface area contributed by atoms with Gasteiger partial charge in [-0.25, -0.2) is 9.79 Å². The molecule has 1 saturated heterocycles. The van der Waals surface area contributed by atoms with Crippen LogP contribution in [0.15, 0.2) is 28.2 Å². The van der Waals surface area contributed by atoms with Gasteiger partial charge in [0.05, 0.1) is 18.6 Å². The van der Waals surface area contributed by atoms with E-state index in [4.69, 9.17) is 4.74 Å². The zero-order valence-electron chi connectivity index (χ0n) is 14.5. The minimum atomic E-state index is -0.554. The molecule has 25 heavy (non-hydrogen) atoms. The van der Waals surface area contributed by atoms with E-state index in [1.807, 2.05) is 6.07 Å². The van der Waals surface area contributed by atoms with Crippen LogP contribution in [0.4, 0.5) is 0 Å². The number of carbonyl (C=O) groups excluding carboxylic acids is 1. The molecule has 2 N–H and O–H groups in total. The molecule has 7 heteroatoms. The highest BCUT2D eigenvalue weighted by atomic mass is 16.5. The fourth-order valence-corrected chi connectivity index (χ4v) is 3.42. The van der Waals surface area contributed by atoms with E-state index >= 15 is 0 Å². The molecule has 3 rings (SSSR count). The van der Waals surface area contributed by atoms with Gasteiger partial charge in [-0.15, -0.1) is 0 Å². The molecule has 0 atom stereocenters. The van der Waals surface area contributed by atoms with E-state index in [-0.39, 0.29) is 5.57 Å². The molecule has 7 nitrogen and oxygen atoms in total. The quantitative estimate of drug-likeness (QED) is 0.454. The molecule has 0 spiro atoms. The Morgan fingerprint density at radius 2 is 2.08 bits per heavy atom. The summed E-state index contributed by atoms with van der Waals surface area (Å²) in [7, 11) is 0. The molecule has 0 aromatic heterocycles. The summed E-state index contributed by atoms with van der Waals surface area (Å²) in [4.78, 5) is 18.8. The minimum Gasteiger partial charge on any atom is -0.461 e. The van der Waals surface area contributed by atoms with Crippen molar-refractivity contribution in [3.05, 3.63) is 23.2 Å². The molecule has 134 valence electrons. The summed E-state index contributed by atoms with van der Waals surface area (Å²) in [5.41, 5.74) is 0.467. The van der Waals surface area contributed by atoms with E-state index in [1.165, 1.54) is 25.6 Å². The van der Waals surface area contributed by atoms with Gasteiger partial charge in [0.1, 0.15) is 11.9 Å². The summed E-state index contributed by atoms with van der Waals surface area (Å²) in [5, 5.41) is 15.6. The summed E-state index contributed by atoms with van der Waals surface area (Å²) < 4.78 is 5.41. The molecule has 1 aliphatic carbocycles. The molecular weight excluding hydrogens is 318 g/mol. The molecule has 0 bridgehead atoms. The lowest BCUT2D eigenvalue weighted by Gasteiger charge is -2.30. The van der Waals surface area contributed by atoms with Crippen molar-refractivity contribution in [2.45, 2.75) is 32.1 Å². The van der Waals surface area contributed by atoms with E-state index in [1.54, 1.807) is 6.08 Å². The second-order valence-corrected chi connectivity index (χ2v) is 6.65. The lowest BCUT2D eigenvalue weighted by molar-refractivity contribution is -0.140. The van der Waals surface area contributed by atoms with Crippen molar-refractivity contribution in [2.75, 3.05) is 32.8 Å². The highest BCUT2D eigenvalue weighted by Gasteiger charge is 2.22. The normalized spacial score (nSPS) is 23.3. The van der Waals surface area contributed by atoms with Crippen LogP contribution in [-0.4, -0.2) is 50.0 Å². The number of hydrogen-bond donors (Lipinski definition) is 2. The smallest absolute Gasteiger partial charge is 0.351 e. The number of aliphatic imine (C=N–C) groups is 1. The van der Waals surface area contributed by atoms with Gasteiger partial charge < -0.3 is 20.3 Å². The lowest BCUT2D eigenvalue weighted by Crippen LogP contribution is -2.43. The van der Waals surface area contributed by atoms with Crippen LogP contribution >= 0.6 is 0 Å². The van der Waals surface area contributed by atoms with Crippen LogP contribution in [0.25, 0.3) is 0 Å². The highest BCUT2D eigenvalue weighted by molar-refractivity contribution is 5.95. The molecule has 0 amide bonds. The number of esters is 1. The molecule has 1 saturated carbocycles. The number of ether oxygens (including phenoxy) is 1. The first-order valence-electron chi connectivity index (χ1n) is 9.06. The number of nitriles is 1. The van der Waals surface area contributed by atoms with Gasteiger partial charge in [0.25, 0.3) is 0 Å². The van der Waals surface area contributed by atoms with E-state index < -0.39 is 5.97 Å². The summed E-state index contributed by atoms with van der Waals surface area (Å²) in [6, 6.07) is 1.99. The van der Waals surface area contributed by atoms with Crippen molar-refractivity contribution < 1.29 is 9.53 Å². The Morgan fingerprint density at radius 3 is 2.80 bits per heavy atom. The molecule has 2 heterocycles. The first-order chi connectivity index (χ1) is 12.3. The van der Waals surface area contributed by atoms with Crippen molar-refractivity contribution in [1.29, 1.82) is 5.26 Å². The Balaban J connectivity index is 1.66.